The van der Waals surface area contributed by atoms with Gasteiger partial charge < -0.3 is 4.74 Å². The Morgan fingerprint density at radius 2 is 2.05 bits per heavy atom. The molecule has 0 aliphatic carbocycles. The standard InChI is InChI=1S/C15H20N2OS/c1-2-18-14-6-4-13(5-7-14)15(17-16)8-3-12-9-10-19-11-12/h4-7,9-11,15,17H,2-3,8,16H2,1H3. The van der Waals surface area contributed by atoms with E-state index in [1.54, 1.807) is 11.3 Å². The summed E-state index contributed by atoms with van der Waals surface area (Å²) in [5.74, 6) is 6.56. The van der Waals surface area contributed by atoms with E-state index in [1.165, 1.54) is 11.1 Å². The van der Waals surface area contributed by atoms with Crippen LogP contribution in [0.25, 0.3) is 0 Å². The topological polar surface area (TPSA) is 47.3 Å². The third-order valence-corrected chi connectivity index (χ3v) is 3.83. The van der Waals surface area contributed by atoms with Crippen molar-refractivity contribution in [1.29, 1.82) is 0 Å². The minimum atomic E-state index is 0.176. The number of benzene rings is 1. The van der Waals surface area contributed by atoms with Crippen LogP contribution in [0.1, 0.15) is 30.5 Å². The quantitative estimate of drug-likeness (QED) is 0.602. The molecule has 4 heteroatoms. The first-order chi connectivity index (χ1) is 9.33. The first kappa shape index (κ1) is 14.1. The van der Waals surface area contributed by atoms with Crippen molar-refractivity contribution < 1.29 is 4.74 Å². The van der Waals surface area contributed by atoms with Gasteiger partial charge in [-0.2, -0.15) is 11.3 Å². The Hall–Kier alpha value is -1.36. The molecule has 102 valence electrons. The van der Waals surface area contributed by atoms with Crippen molar-refractivity contribution in [2.75, 3.05) is 6.61 Å². The molecule has 1 aromatic heterocycles. The second-order valence-corrected chi connectivity index (χ2v) is 5.17. The first-order valence-electron chi connectivity index (χ1n) is 6.53. The van der Waals surface area contributed by atoms with Crippen LogP contribution in [0, 0.1) is 0 Å². The molecule has 0 radical (unpaired) electrons. The zero-order chi connectivity index (χ0) is 13.5. The Balaban J connectivity index is 1.96. The molecule has 2 rings (SSSR count). The number of rotatable bonds is 7. The number of nitrogens with one attached hydrogen (secondary N) is 1. The van der Waals surface area contributed by atoms with Gasteiger partial charge in [0.05, 0.1) is 6.61 Å². The van der Waals surface area contributed by atoms with E-state index in [1.807, 2.05) is 19.1 Å². The van der Waals surface area contributed by atoms with Crippen molar-refractivity contribution in [1.82, 2.24) is 5.43 Å². The summed E-state index contributed by atoms with van der Waals surface area (Å²) in [5, 5.41) is 4.29. The molecule has 0 saturated heterocycles. The van der Waals surface area contributed by atoms with Crippen molar-refractivity contribution in [3.05, 3.63) is 52.2 Å². The predicted octanol–water partition coefficient (Wildman–Crippen LogP) is 3.28. The van der Waals surface area contributed by atoms with E-state index in [2.05, 4.69) is 34.4 Å². The Labute approximate surface area is 118 Å². The average molecular weight is 276 g/mol. The fraction of sp³-hybridized carbons (Fsp3) is 0.333. The van der Waals surface area contributed by atoms with Gasteiger partial charge in [0.1, 0.15) is 5.75 Å². The number of ether oxygens (including phenoxy) is 1. The molecule has 3 N–H and O–H groups in total. The molecule has 2 aromatic rings. The molecule has 0 aliphatic heterocycles. The summed E-state index contributed by atoms with van der Waals surface area (Å²) in [4.78, 5) is 0. The first-order valence-corrected chi connectivity index (χ1v) is 7.47. The Morgan fingerprint density at radius 3 is 2.63 bits per heavy atom. The molecule has 3 nitrogen and oxygen atoms in total. The van der Waals surface area contributed by atoms with E-state index in [0.29, 0.717) is 6.61 Å². The second-order valence-electron chi connectivity index (χ2n) is 4.39. The van der Waals surface area contributed by atoms with Crippen molar-refractivity contribution in [3.8, 4) is 5.75 Å². The Kier molecular flexibility index (Phi) is 5.39. The summed E-state index contributed by atoms with van der Waals surface area (Å²) in [5.41, 5.74) is 5.46. The highest BCUT2D eigenvalue weighted by Gasteiger charge is 2.10. The highest BCUT2D eigenvalue weighted by Crippen LogP contribution is 2.22. The molecule has 1 atom stereocenters. The SMILES string of the molecule is CCOc1ccc(C(CCc2ccsc2)NN)cc1. The van der Waals surface area contributed by atoms with Crippen LogP contribution in [0.4, 0.5) is 0 Å². The summed E-state index contributed by atoms with van der Waals surface area (Å²) in [6.45, 7) is 2.68. The van der Waals surface area contributed by atoms with Crippen molar-refractivity contribution in [2.24, 2.45) is 5.84 Å². The van der Waals surface area contributed by atoms with E-state index in [0.717, 1.165) is 18.6 Å². The summed E-state index contributed by atoms with van der Waals surface area (Å²) in [7, 11) is 0. The molecule has 1 aromatic carbocycles. The van der Waals surface area contributed by atoms with E-state index >= 15 is 0 Å². The van der Waals surface area contributed by atoms with E-state index in [-0.39, 0.29) is 6.04 Å². The van der Waals surface area contributed by atoms with Crippen molar-refractivity contribution in [2.45, 2.75) is 25.8 Å². The number of hydrogen-bond acceptors (Lipinski definition) is 4. The lowest BCUT2D eigenvalue weighted by molar-refractivity contribution is 0.340. The second kappa shape index (κ2) is 7.28. The number of nitrogens with two attached hydrogens (primary N) is 1. The molecular weight excluding hydrogens is 256 g/mol. The zero-order valence-corrected chi connectivity index (χ0v) is 12.0. The van der Waals surface area contributed by atoms with Gasteiger partial charge in [-0.3, -0.25) is 11.3 Å². The molecule has 0 fully saturated rings. The smallest absolute Gasteiger partial charge is 0.119 e. The van der Waals surface area contributed by atoms with Crippen LogP contribution in [-0.4, -0.2) is 6.61 Å². The van der Waals surface area contributed by atoms with Crippen LogP contribution in [0.2, 0.25) is 0 Å². The van der Waals surface area contributed by atoms with Gasteiger partial charge in [0.25, 0.3) is 0 Å². The van der Waals surface area contributed by atoms with Gasteiger partial charge in [0, 0.05) is 6.04 Å². The maximum atomic E-state index is 5.66. The predicted molar refractivity (Wildman–Crippen MR) is 80.3 cm³/mol. The number of hydrogen-bond donors (Lipinski definition) is 2. The average Bonchev–Trinajstić information content (AvgIpc) is 2.95. The van der Waals surface area contributed by atoms with Gasteiger partial charge in [-0.1, -0.05) is 12.1 Å². The number of hydrazine groups is 1. The van der Waals surface area contributed by atoms with Crippen LogP contribution < -0.4 is 16.0 Å². The fourth-order valence-electron chi connectivity index (χ4n) is 2.06. The summed E-state index contributed by atoms with van der Waals surface area (Å²) in [6, 6.07) is 10.5. The molecule has 0 amide bonds. The van der Waals surface area contributed by atoms with Gasteiger partial charge >= 0.3 is 0 Å². The highest BCUT2D eigenvalue weighted by molar-refractivity contribution is 7.07. The molecule has 0 spiro atoms. The van der Waals surface area contributed by atoms with E-state index < -0.39 is 0 Å². The molecule has 19 heavy (non-hydrogen) atoms. The number of aryl methyl sites for hydroxylation is 1. The van der Waals surface area contributed by atoms with E-state index in [4.69, 9.17) is 10.6 Å². The van der Waals surface area contributed by atoms with Gasteiger partial charge in [0.2, 0.25) is 0 Å². The van der Waals surface area contributed by atoms with Gasteiger partial charge in [-0.05, 0) is 59.9 Å². The molecule has 0 saturated carbocycles. The van der Waals surface area contributed by atoms with Gasteiger partial charge in [-0.25, -0.2) is 0 Å². The number of thiophene rings is 1. The van der Waals surface area contributed by atoms with Crippen LogP contribution in [-0.2, 0) is 6.42 Å². The third kappa shape index (κ3) is 4.06. The molecule has 1 unspecified atom stereocenters. The van der Waals surface area contributed by atoms with Gasteiger partial charge in [0.15, 0.2) is 0 Å². The van der Waals surface area contributed by atoms with Crippen LogP contribution >= 0.6 is 11.3 Å². The van der Waals surface area contributed by atoms with Crippen LogP contribution in [0.3, 0.4) is 0 Å². The lowest BCUT2D eigenvalue weighted by Crippen LogP contribution is -2.28. The van der Waals surface area contributed by atoms with Crippen LogP contribution in [0.5, 0.6) is 5.75 Å². The molecule has 0 aliphatic rings. The van der Waals surface area contributed by atoms with Crippen LogP contribution in [0.15, 0.2) is 41.1 Å². The minimum absolute atomic E-state index is 0.176. The monoisotopic (exact) mass is 276 g/mol. The minimum Gasteiger partial charge on any atom is -0.494 e. The Morgan fingerprint density at radius 1 is 1.26 bits per heavy atom. The third-order valence-electron chi connectivity index (χ3n) is 3.10. The largest absolute Gasteiger partial charge is 0.494 e. The molecular formula is C15H20N2OS. The fourth-order valence-corrected chi connectivity index (χ4v) is 2.76. The lowest BCUT2D eigenvalue weighted by atomic mass is 10.0. The lowest BCUT2D eigenvalue weighted by Gasteiger charge is -2.16. The normalized spacial score (nSPS) is 12.3. The van der Waals surface area contributed by atoms with E-state index in [9.17, 15) is 0 Å². The van der Waals surface area contributed by atoms with Crippen molar-refractivity contribution >= 4 is 11.3 Å². The molecule has 0 bridgehead atoms. The summed E-state index contributed by atoms with van der Waals surface area (Å²) < 4.78 is 5.44. The Bertz CT molecular complexity index is 467. The maximum absolute atomic E-state index is 5.66. The molecule has 1 heterocycles. The summed E-state index contributed by atoms with van der Waals surface area (Å²) in [6.07, 6.45) is 2.02. The highest BCUT2D eigenvalue weighted by atomic mass is 32.1. The van der Waals surface area contributed by atoms with Gasteiger partial charge in [-0.15, -0.1) is 0 Å². The maximum Gasteiger partial charge on any atom is 0.119 e. The van der Waals surface area contributed by atoms with Crippen molar-refractivity contribution in [3.63, 3.8) is 0 Å². The summed E-state index contributed by atoms with van der Waals surface area (Å²) >= 11 is 1.73. The zero-order valence-electron chi connectivity index (χ0n) is 11.1.